The second-order valence-corrected chi connectivity index (χ2v) is 6.15. The highest BCUT2D eigenvalue weighted by atomic mass is 32.2. The van der Waals surface area contributed by atoms with Crippen LogP contribution in [0.4, 0.5) is 0 Å². The van der Waals surface area contributed by atoms with Crippen molar-refractivity contribution in [1.82, 2.24) is 0 Å². The topological polar surface area (TPSA) is 40.5 Å². The van der Waals surface area contributed by atoms with E-state index in [9.17, 15) is 10.2 Å². The van der Waals surface area contributed by atoms with Gasteiger partial charge in [-0.1, -0.05) is 37.3 Å². The second kappa shape index (κ2) is 7.23. The van der Waals surface area contributed by atoms with Crippen molar-refractivity contribution in [1.29, 1.82) is 0 Å². The Bertz CT molecular complexity index is 622. The Morgan fingerprint density at radius 3 is 2.57 bits per heavy atom. The second-order valence-electron chi connectivity index (χ2n) is 4.77. The van der Waals surface area contributed by atoms with Crippen LogP contribution in [0.1, 0.15) is 28.9 Å². The van der Waals surface area contributed by atoms with Gasteiger partial charge in [-0.15, -0.1) is 18.3 Å². The van der Waals surface area contributed by atoms with Crippen LogP contribution in [-0.4, -0.2) is 16.0 Å². The molecule has 0 amide bonds. The minimum absolute atomic E-state index is 0.00162. The fourth-order valence-corrected chi connectivity index (χ4v) is 3.50. The summed E-state index contributed by atoms with van der Waals surface area (Å²) >= 11 is 1.74. The Balaban J connectivity index is 2.54. The van der Waals surface area contributed by atoms with E-state index < -0.39 is 0 Å². The van der Waals surface area contributed by atoms with Crippen molar-refractivity contribution in [3.63, 3.8) is 0 Å². The third kappa shape index (κ3) is 3.61. The molecule has 110 valence electrons. The molecule has 0 bridgehead atoms. The molecular weight excluding hydrogens is 280 g/mol. The number of benzene rings is 2. The molecule has 0 fully saturated rings. The highest BCUT2D eigenvalue weighted by Crippen LogP contribution is 2.42. The van der Waals surface area contributed by atoms with Gasteiger partial charge in [0.05, 0.1) is 5.25 Å². The molecule has 21 heavy (non-hydrogen) atoms. The van der Waals surface area contributed by atoms with E-state index in [0.29, 0.717) is 0 Å². The standard InChI is InChI=1S/C18H20O2S/c1-3-7-13-10-11-14(19)12-16(13)18(21-4-2)15-8-5-6-9-17(15)20/h3,5-6,8-12,18-20H,1,4,7H2,2H3. The molecule has 0 saturated heterocycles. The summed E-state index contributed by atoms with van der Waals surface area (Å²) in [5.41, 5.74) is 3.03. The summed E-state index contributed by atoms with van der Waals surface area (Å²) in [7, 11) is 0. The van der Waals surface area contributed by atoms with Crippen LogP contribution in [0.25, 0.3) is 0 Å². The van der Waals surface area contributed by atoms with Gasteiger partial charge in [-0.2, -0.15) is 0 Å². The van der Waals surface area contributed by atoms with Crippen LogP contribution < -0.4 is 0 Å². The van der Waals surface area contributed by atoms with Crippen molar-refractivity contribution in [2.45, 2.75) is 18.6 Å². The molecule has 2 nitrogen and oxygen atoms in total. The Labute approximate surface area is 130 Å². The number of allylic oxidation sites excluding steroid dienone is 1. The van der Waals surface area contributed by atoms with Crippen LogP contribution in [0.15, 0.2) is 55.1 Å². The van der Waals surface area contributed by atoms with Gasteiger partial charge in [0.1, 0.15) is 11.5 Å². The predicted molar refractivity (Wildman–Crippen MR) is 90.1 cm³/mol. The third-order valence-electron chi connectivity index (χ3n) is 3.33. The molecule has 0 aromatic heterocycles. The average Bonchev–Trinajstić information content (AvgIpc) is 2.48. The molecule has 1 atom stereocenters. The Hall–Kier alpha value is -1.87. The first-order chi connectivity index (χ1) is 10.2. The lowest BCUT2D eigenvalue weighted by molar-refractivity contribution is 0.467. The number of aromatic hydroxyl groups is 2. The summed E-state index contributed by atoms with van der Waals surface area (Å²) in [6.45, 7) is 5.89. The first kappa shape index (κ1) is 15.5. The lowest BCUT2D eigenvalue weighted by Crippen LogP contribution is -2.02. The maximum atomic E-state index is 10.2. The smallest absolute Gasteiger partial charge is 0.120 e. The third-order valence-corrected chi connectivity index (χ3v) is 4.50. The molecule has 3 heteroatoms. The number of hydrogen-bond acceptors (Lipinski definition) is 3. The van der Waals surface area contributed by atoms with E-state index in [1.54, 1.807) is 30.0 Å². The molecule has 0 heterocycles. The van der Waals surface area contributed by atoms with Crippen LogP contribution in [-0.2, 0) is 6.42 Å². The molecule has 2 aromatic carbocycles. The zero-order valence-corrected chi connectivity index (χ0v) is 12.9. The highest BCUT2D eigenvalue weighted by Gasteiger charge is 2.20. The van der Waals surface area contributed by atoms with Crippen LogP contribution in [0, 0.1) is 0 Å². The van der Waals surface area contributed by atoms with Gasteiger partial charge in [0, 0.05) is 5.56 Å². The summed E-state index contributed by atoms with van der Waals surface area (Å²) in [6, 6.07) is 12.8. The van der Waals surface area contributed by atoms with Crippen molar-refractivity contribution in [2.24, 2.45) is 0 Å². The monoisotopic (exact) mass is 300 g/mol. The Morgan fingerprint density at radius 1 is 1.14 bits per heavy atom. The maximum Gasteiger partial charge on any atom is 0.120 e. The SMILES string of the molecule is C=CCc1ccc(O)cc1C(SCC)c1ccccc1O. The van der Waals surface area contributed by atoms with Crippen molar-refractivity contribution in [3.05, 3.63) is 71.8 Å². The molecule has 0 spiro atoms. The first-order valence-electron chi connectivity index (χ1n) is 6.99. The zero-order valence-electron chi connectivity index (χ0n) is 12.1. The number of phenols is 2. The summed E-state index contributed by atoms with van der Waals surface area (Å²) < 4.78 is 0. The van der Waals surface area contributed by atoms with Gasteiger partial charge in [0.2, 0.25) is 0 Å². The normalized spacial score (nSPS) is 12.0. The lowest BCUT2D eigenvalue weighted by atomic mass is 9.96. The van der Waals surface area contributed by atoms with E-state index in [-0.39, 0.29) is 16.7 Å². The minimum atomic E-state index is -0.00162. The van der Waals surface area contributed by atoms with E-state index in [2.05, 4.69) is 13.5 Å². The quantitative estimate of drug-likeness (QED) is 0.762. The van der Waals surface area contributed by atoms with Gasteiger partial charge in [-0.05, 0) is 41.5 Å². The molecule has 0 saturated carbocycles. The summed E-state index contributed by atoms with van der Waals surface area (Å²) in [5, 5.41) is 20.0. The lowest BCUT2D eigenvalue weighted by Gasteiger charge is -2.21. The predicted octanol–water partition coefficient (Wildman–Crippen LogP) is 4.67. The summed E-state index contributed by atoms with van der Waals surface area (Å²) in [6.07, 6.45) is 2.60. The van der Waals surface area contributed by atoms with E-state index >= 15 is 0 Å². The molecule has 0 radical (unpaired) electrons. The Kier molecular flexibility index (Phi) is 5.34. The van der Waals surface area contributed by atoms with Crippen molar-refractivity contribution < 1.29 is 10.2 Å². The van der Waals surface area contributed by atoms with E-state index in [0.717, 1.165) is 28.9 Å². The van der Waals surface area contributed by atoms with Gasteiger partial charge >= 0.3 is 0 Å². The van der Waals surface area contributed by atoms with Crippen molar-refractivity contribution >= 4 is 11.8 Å². The maximum absolute atomic E-state index is 10.2. The average molecular weight is 300 g/mol. The van der Waals surface area contributed by atoms with E-state index in [4.69, 9.17) is 0 Å². The fourth-order valence-electron chi connectivity index (χ4n) is 2.39. The minimum Gasteiger partial charge on any atom is -0.508 e. The van der Waals surface area contributed by atoms with E-state index in [1.165, 1.54) is 0 Å². The first-order valence-corrected chi connectivity index (χ1v) is 8.04. The van der Waals surface area contributed by atoms with Gasteiger partial charge in [-0.25, -0.2) is 0 Å². The molecule has 2 aromatic rings. The van der Waals surface area contributed by atoms with Crippen molar-refractivity contribution in [3.8, 4) is 11.5 Å². The van der Waals surface area contributed by atoms with Gasteiger partial charge in [-0.3, -0.25) is 0 Å². The Morgan fingerprint density at radius 2 is 1.90 bits per heavy atom. The number of thioether (sulfide) groups is 1. The van der Waals surface area contributed by atoms with Gasteiger partial charge in [0.25, 0.3) is 0 Å². The van der Waals surface area contributed by atoms with Crippen molar-refractivity contribution in [2.75, 3.05) is 5.75 Å². The van der Waals surface area contributed by atoms with Crippen LogP contribution >= 0.6 is 11.8 Å². The molecule has 0 aliphatic carbocycles. The number of rotatable bonds is 6. The summed E-state index contributed by atoms with van der Waals surface area (Å²) in [5.74, 6) is 1.45. The molecule has 0 aliphatic heterocycles. The van der Waals surface area contributed by atoms with Gasteiger partial charge in [0.15, 0.2) is 0 Å². The van der Waals surface area contributed by atoms with Gasteiger partial charge < -0.3 is 10.2 Å². The number of para-hydroxylation sites is 1. The van der Waals surface area contributed by atoms with Crippen LogP contribution in [0.3, 0.4) is 0 Å². The highest BCUT2D eigenvalue weighted by molar-refractivity contribution is 7.99. The molecule has 1 unspecified atom stereocenters. The zero-order chi connectivity index (χ0) is 15.2. The molecule has 2 N–H and O–H groups in total. The number of hydrogen-bond donors (Lipinski definition) is 2. The largest absolute Gasteiger partial charge is 0.508 e. The van der Waals surface area contributed by atoms with Crippen LogP contribution in [0.2, 0.25) is 0 Å². The molecular formula is C18H20O2S. The van der Waals surface area contributed by atoms with E-state index in [1.807, 2.05) is 30.3 Å². The summed E-state index contributed by atoms with van der Waals surface area (Å²) in [4.78, 5) is 0. The fraction of sp³-hybridized carbons (Fsp3) is 0.222. The number of phenolic OH excluding ortho intramolecular Hbond substituents is 2. The van der Waals surface area contributed by atoms with Crippen LogP contribution in [0.5, 0.6) is 11.5 Å². The molecule has 0 aliphatic rings. The molecule has 2 rings (SSSR count).